The summed E-state index contributed by atoms with van der Waals surface area (Å²) in [5.41, 5.74) is -1.21. The maximum absolute atomic E-state index is 12.7. The van der Waals surface area contributed by atoms with Gasteiger partial charge in [0.2, 0.25) is 11.4 Å². The zero-order chi connectivity index (χ0) is 20.0. The summed E-state index contributed by atoms with van der Waals surface area (Å²) in [6, 6.07) is 5.53. The first-order chi connectivity index (χ1) is 12.9. The maximum atomic E-state index is 12.7. The van der Waals surface area contributed by atoms with Gasteiger partial charge in [0.15, 0.2) is 0 Å². The van der Waals surface area contributed by atoms with Crippen molar-refractivity contribution in [2.24, 2.45) is 0 Å². The average molecular weight is 393 g/mol. The van der Waals surface area contributed by atoms with Gasteiger partial charge in [0.25, 0.3) is 0 Å². The van der Waals surface area contributed by atoms with Crippen LogP contribution < -0.4 is 10.1 Å². The number of carbonyl (C=O) groups is 3. The molecule has 0 saturated carbocycles. The van der Waals surface area contributed by atoms with Crippen molar-refractivity contribution in [3.05, 3.63) is 29.1 Å². The van der Waals surface area contributed by atoms with Gasteiger partial charge in [0.1, 0.15) is 5.75 Å². The highest BCUT2D eigenvalue weighted by atomic mass is 32.1. The first-order valence-corrected chi connectivity index (χ1v) is 9.43. The molecule has 0 spiro atoms. The van der Waals surface area contributed by atoms with Crippen molar-refractivity contribution in [2.45, 2.75) is 32.7 Å². The van der Waals surface area contributed by atoms with Gasteiger partial charge in [-0.3, -0.25) is 4.79 Å². The Morgan fingerprint density at radius 1 is 1.11 bits per heavy atom. The molecule has 0 atom stereocenters. The number of esters is 2. The number of hydrogen-bond donors (Lipinski definition) is 1. The van der Waals surface area contributed by atoms with Crippen molar-refractivity contribution >= 4 is 39.3 Å². The predicted molar refractivity (Wildman–Crippen MR) is 102 cm³/mol. The molecule has 0 aliphatic rings. The summed E-state index contributed by atoms with van der Waals surface area (Å²) < 4.78 is 16.4. The lowest BCUT2D eigenvalue weighted by Crippen LogP contribution is -2.62. The Morgan fingerprint density at radius 2 is 1.74 bits per heavy atom. The van der Waals surface area contributed by atoms with E-state index in [0.29, 0.717) is 5.75 Å². The average Bonchev–Trinajstić information content (AvgIpc) is 3.02. The molecule has 146 valence electrons. The van der Waals surface area contributed by atoms with Gasteiger partial charge in [0, 0.05) is 18.0 Å². The summed E-state index contributed by atoms with van der Waals surface area (Å²) in [4.78, 5) is 37.3. The van der Waals surface area contributed by atoms with Crippen LogP contribution in [0.1, 0.15) is 26.3 Å². The van der Waals surface area contributed by atoms with Crippen molar-refractivity contribution in [1.29, 1.82) is 0 Å². The van der Waals surface area contributed by atoms with Gasteiger partial charge in [-0.05, 0) is 48.4 Å². The predicted octanol–water partition coefficient (Wildman–Crippen LogP) is 2.45. The van der Waals surface area contributed by atoms with Crippen molar-refractivity contribution in [3.8, 4) is 5.75 Å². The minimum Gasteiger partial charge on any atom is -0.497 e. The number of rotatable bonds is 8. The fraction of sp³-hybridized carbons (Fsp3) is 0.421. The van der Waals surface area contributed by atoms with Crippen LogP contribution in [0.15, 0.2) is 23.6 Å². The molecular weight excluding hydrogens is 370 g/mol. The van der Waals surface area contributed by atoms with Crippen LogP contribution >= 0.6 is 11.3 Å². The molecule has 0 unspecified atom stereocenters. The van der Waals surface area contributed by atoms with E-state index in [0.717, 1.165) is 15.6 Å². The standard InChI is InChI=1S/C19H23NO6S/c1-5-25-17(22)19(20-12(3)21,18(23)26-6-2)10-13-11-27-16-9-14(24-4)7-8-15(13)16/h7-9,11H,5-6,10H2,1-4H3,(H,20,21). The van der Waals surface area contributed by atoms with E-state index in [4.69, 9.17) is 14.2 Å². The molecule has 0 aliphatic heterocycles. The van der Waals surface area contributed by atoms with E-state index in [1.165, 1.54) is 18.3 Å². The molecular formula is C19H23NO6S. The lowest BCUT2D eigenvalue weighted by molar-refractivity contribution is -0.167. The van der Waals surface area contributed by atoms with Gasteiger partial charge in [-0.15, -0.1) is 11.3 Å². The molecule has 0 radical (unpaired) electrons. The van der Waals surface area contributed by atoms with Crippen LogP contribution in [0, 0.1) is 0 Å². The number of benzene rings is 1. The molecule has 1 amide bonds. The normalized spacial score (nSPS) is 11.1. The Kier molecular flexibility index (Phi) is 6.79. The van der Waals surface area contributed by atoms with E-state index >= 15 is 0 Å². The van der Waals surface area contributed by atoms with Crippen molar-refractivity contribution < 1.29 is 28.6 Å². The smallest absolute Gasteiger partial charge is 0.344 e. The monoisotopic (exact) mass is 393 g/mol. The van der Waals surface area contributed by atoms with E-state index in [2.05, 4.69) is 5.32 Å². The third-order valence-corrected chi connectivity index (χ3v) is 4.95. The first-order valence-electron chi connectivity index (χ1n) is 8.55. The van der Waals surface area contributed by atoms with Gasteiger partial charge in [0.05, 0.1) is 20.3 Å². The molecule has 1 N–H and O–H groups in total. The van der Waals surface area contributed by atoms with Crippen LogP contribution in [-0.4, -0.2) is 43.7 Å². The number of nitrogens with one attached hydrogen (secondary N) is 1. The fourth-order valence-electron chi connectivity index (χ4n) is 2.80. The number of ether oxygens (including phenoxy) is 3. The summed E-state index contributed by atoms with van der Waals surface area (Å²) in [7, 11) is 1.58. The molecule has 8 heteroatoms. The minimum atomic E-state index is -1.94. The summed E-state index contributed by atoms with van der Waals surface area (Å²) in [6.07, 6.45) is -0.0728. The fourth-order valence-corrected chi connectivity index (χ4v) is 3.79. The van der Waals surface area contributed by atoms with Gasteiger partial charge in [-0.1, -0.05) is 0 Å². The van der Waals surface area contributed by atoms with Crippen LogP contribution in [0.4, 0.5) is 0 Å². The topological polar surface area (TPSA) is 90.9 Å². The van der Waals surface area contributed by atoms with Crippen LogP contribution in [0.3, 0.4) is 0 Å². The van der Waals surface area contributed by atoms with E-state index in [1.807, 2.05) is 17.5 Å². The Morgan fingerprint density at radius 3 is 2.26 bits per heavy atom. The highest BCUT2D eigenvalue weighted by Gasteiger charge is 2.50. The zero-order valence-electron chi connectivity index (χ0n) is 15.8. The van der Waals surface area contributed by atoms with Crippen molar-refractivity contribution in [3.63, 3.8) is 0 Å². The van der Waals surface area contributed by atoms with Gasteiger partial charge < -0.3 is 19.5 Å². The summed E-state index contributed by atoms with van der Waals surface area (Å²) in [6.45, 7) is 4.65. The summed E-state index contributed by atoms with van der Waals surface area (Å²) in [5, 5.41) is 5.19. The van der Waals surface area contributed by atoms with Crippen molar-refractivity contribution in [1.82, 2.24) is 5.32 Å². The third kappa shape index (κ3) is 4.39. The zero-order valence-corrected chi connectivity index (χ0v) is 16.6. The van der Waals surface area contributed by atoms with E-state index < -0.39 is 23.4 Å². The Bertz CT molecular complexity index is 826. The first kappa shape index (κ1) is 20.7. The van der Waals surface area contributed by atoms with E-state index in [9.17, 15) is 14.4 Å². The number of carbonyl (C=O) groups excluding carboxylic acids is 3. The summed E-state index contributed by atoms with van der Waals surface area (Å²) in [5.74, 6) is -1.50. The second kappa shape index (κ2) is 8.85. The molecule has 0 fully saturated rings. The SMILES string of the molecule is CCOC(=O)C(Cc1csc2cc(OC)ccc12)(NC(C)=O)C(=O)OCC. The van der Waals surface area contributed by atoms with Crippen LogP contribution in [0.5, 0.6) is 5.75 Å². The number of amides is 1. The summed E-state index contributed by atoms with van der Waals surface area (Å²) >= 11 is 1.46. The van der Waals surface area contributed by atoms with Crippen LogP contribution in [0.25, 0.3) is 10.1 Å². The molecule has 0 bridgehead atoms. The van der Waals surface area contributed by atoms with Gasteiger partial charge in [-0.25, -0.2) is 9.59 Å². The Balaban J connectivity index is 2.53. The highest BCUT2D eigenvalue weighted by Crippen LogP contribution is 2.32. The highest BCUT2D eigenvalue weighted by molar-refractivity contribution is 7.17. The second-order valence-corrected chi connectivity index (χ2v) is 6.74. The maximum Gasteiger partial charge on any atom is 0.344 e. The molecule has 1 aromatic carbocycles. The Labute approximate surface area is 161 Å². The van der Waals surface area contributed by atoms with E-state index in [-0.39, 0.29) is 19.6 Å². The van der Waals surface area contributed by atoms with Crippen molar-refractivity contribution in [2.75, 3.05) is 20.3 Å². The molecule has 27 heavy (non-hydrogen) atoms. The largest absolute Gasteiger partial charge is 0.497 e. The van der Waals surface area contributed by atoms with Crippen LogP contribution in [0.2, 0.25) is 0 Å². The van der Waals surface area contributed by atoms with Gasteiger partial charge in [-0.2, -0.15) is 0 Å². The number of fused-ring (bicyclic) bond motifs is 1. The molecule has 0 aliphatic carbocycles. The number of thiophene rings is 1. The number of methoxy groups -OCH3 is 1. The second-order valence-electron chi connectivity index (χ2n) is 5.83. The molecule has 7 nitrogen and oxygen atoms in total. The Hall–Kier alpha value is -2.61. The minimum absolute atomic E-state index is 0.0706. The number of hydrogen-bond acceptors (Lipinski definition) is 7. The van der Waals surface area contributed by atoms with Gasteiger partial charge >= 0.3 is 11.9 Å². The molecule has 0 saturated heterocycles. The molecule has 2 rings (SSSR count). The lowest BCUT2D eigenvalue weighted by Gasteiger charge is -2.29. The molecule has 1 aromatic heterocycles. The van der Waals surface area contributed by atoms with Crippen LogP contribution in [-0.2, 0) is 30.3 Å². The molecule has 1 heterocycles. The van der Waals surface area contributed by atoms with E-state index in [1.54, 1.807) is 27.0 Å². The third-order valence-electron chi connectivity index (χ3n) is 3.96. The lowest BCUT2D eigenvalue weighted by atomic mass is 9.90. The quantitative estimate of drug-likeness (QED) is 0.547. The molecule has 2 aromatic rings.